The van der Waals surface area contributed by atoms with Crippen molar-refractivity contribution in [3.05, 3.63) is 58.7 Å². The van der Waals surface area contributed by atoms with E-state index in [0.29, 0.717) is 17.6 Å². The molecule has 30 heavy (non-hydrogen) atoms. The summed E-state index contributed by atoms with van der Waals surface area (Å²) < 4.78 is 0. The molecule has 1 saturated heterocycles. The molecule has 0 radical (unpaired) electrons. The Hall–Kier alpha value is -1.58. The van der Waals surface area contributed by atoms with E-state index in [9.17, 15) is 0 Å². The quantitative estimate of drug-likeness (QED) is 0.317. The molecule has 164 valence electrons. The summed E-state index contributed by atoms with van der Waals surface area (Å²) in [7, 11) is 4.17. The Morgan fingerprint density at radius 1 is 1.27 bits per heavy atom. The van der Waals surface area contributed by atoms with Gasteiger partial charge in [-0.2, -0.15) is 0 Å². The van der Waals surface area contributed by atoms with Crippen molar-refractivity contribution in [2.75, 3.05) is 38.6 Å². The third-order valence-corrected chi connectivity index (χ3v) is 5.12. The first-order chi connectivity index (χ1) is 14.0. The number of rotatable bonds is 7. The van der Waals surface area contributed by atoms with Gasteiger partial charge in [-0.1, -0.05) is 35.9 Å². The number of aliphatic imine (C=N–C) groups is 1. The smallest absolute Gasteiger partial charge is 0.191 e. The molecule has 2 heterocycles. The Balaban J connectivity index is 0.00000320. The van der Waals surface area contributed by atoms with Crippen molar-refractivity contribution in [3.63, 3.8) is 0 Å². The molecule has 0 amide bonds. The molecule has 1 atom stereocenters. The second kappa shape index (κ2) is 12.3. The Morgan fingerprint density at radius 3 is 2.80 bits per heavy atom. The highest BCUT2D eigenvalue weighted by Gasteiger charge is 2.25. The van der Waals surface area contributed by atoms with Crippen LogP contribution in [0.5, 0.6) is 0 Å². The normalized spacial score (nSPS) is 16.5. The van der Waals surface area contributed by atoms with Gasteiger partial charge in [-0.15, -0.1) is 24.0 Å². The number of guanidine groups is 1. The molecule has 0 spiro atoms. The second-order valence-corrected chi connectivity index (χ2v) is 8.04. The van der Waals surface area contributed by atoms with Gasteiger partial charge in [0.2, 0.25) is 0 Å². The van der Waals surface area contributed by atoms with E-state index in [2.05, 4.69) is 70.7 Å². The Bertz CT molecular complexity index is 829. The predicted octanol–water partition coefficient (Wildman–Crippen LogP) is 3.75. The fourth-order valence-corrected chi connectivity index (χ4v) is 3.80. The van der Waals surface area contributed by atoms with Gasteiger partial charge in [-0.3, -0.25) is 0 Å². The van der Waals surface area contributed by atoms with Gasteiger partial charge in [0, 0.05) is 38.4 Å². The largest absolute Gasteiger partial charge is 0.357 e. The molecular formula is C22H32ClIN6. The fourth-order valence-electron chi connectivity index (χ4n) is 3.56. The minimum Gasteiger partial charge on any atom is -0.357 e. The number of pyridine rings is 1. The Morgan fingerprint density at radius 2 is 2.07 bits per heavy atom. The minimum atomic E-state index is 0. The van der Waals surface area contributed by atoms with E-state index in [-0.39, 0.29) is 24.0 Å². The first-order valence-electron chi connectivity index (χ1n) is 10.2. The van der Waals surface area contributed by atoms with Gasteiger partial charge in [0.15, 0.2) is 5.96 Å². The second-order valence-electron chi connectivity index (χ2n) is 7.64. The van der Waals surface area contributed by atoms with Crippen molar-refractivity contribution in [1.82, 2.24) is 20.5 Å². The lowest BCUT2D eigenvalue weighted by molar-refractivity contribution is 0.402. The lowest BCUT2D eigenvalue weighted by Crippen LogP contribution is -2.44. The van der Waals surface area contributed by atoms with Gasteiger partial charge >= 0.3 is 0 Å². The molecule has 0 saturated carbocycles. The van der Waals surface area contributed by atoms with Crippen LogP contribution >= 0.6 is 35.6 Å². The van der Waals surface area contributed by atoms with Crippen LogP contribution in [0, 0.1) is 0 Å². The maximum Gasteiger partial charge on any atom is 0.191 e. The summed E-state index contributed by atoms with van der Waals surface area (Å²) in [6.07, 6.45) is 2.81. The molecule has 1 aliphatic heterocycles. The van der Waals surface area contributed by atoms with Crippen LogP contribution in [0.2, 0.25) is 5.02 Å². The lowest BCUT2D eigenvalue weighted by Gasteiger charge is -2.20. The van der Waals surface area contributed by atoms with Crippen molar-refractivity contribution in [2.24, 2.45) is 4.99 Å². The van der Waals surface area contributed by atoms with Crippen LogP contribution in [0.25, 0.3) is 0 Å². The van der Waals surface area contributed by atoms with Crippen molar-refractivity contribution < 1.29 is 0 Å². The molecule has 3 rings (SSSR count). The summed E-state index contributed by atoms with van der Waals surface area (Å²) in [6, 6.07) is 12.7. The standard InChI is InChI=1S/C22H31ClN6.HI/c1-4-24-22(26-14-17-7-5-8-18(13-17)15-28(2)3)27-19-10-12-29(16-19)21-20(23)9-6-11-25-21;/h5-9,11,13,19H,4,10,12,14-16H2,1-3H3,(H2,24,26,27);1H. The lowest BCUT2D eigenvalue weighted by atomic mass is 10.1. The van der Waals surface area contributed by atoms with Crippen LogP contribution in [-0.4, -0.2) is 55.6 Å². The number of halogens is 2. The van der Waals surface area contributed by atoms with Gasteiger partial charge in [-0.25, -0.2) is 9.98 Å². The van der Waals surface area contributed by atoms with E-state index >= 15 is 0 Å². The number of hydrogen-bond acceptors (Lipinski definition) is 4. The van der Waals surface area contributed by atoms with E-state index < -0.39 is 0 Å². The minimum absolute atomic E-state index is 0. The van der Waals surface area contributed by atoms with Gasteiger partial charge in [0.1, 0.15) is 5.82 Å². The molecular weight excluding hydrogens is 511 g/mol. The summed E-state index contributed by atoms with van der Waals surface area (Å²) in [5.74, 6) is 1.71. The third kappa shape index (κ3) is 7.28. The van der Waals surface area contributed by atoms with Gasteiger partial charge < -0.3 is 20.4 Å². The highest BCUT2D eigenvalue weighted by Crippen LogP contribution is 2.25. The first kappa shape index (κ1) is 24.7. The number of hydrogen-bond donors (Lipinski definition) is 2. The maximum absolute atomic E-state index is 6.31. The molecule has 8 heteroatoms. The average Bonchev–Trinajstić information content (AvgIpc) is 3.15. The van der Waals surface area contributed by atoms with Crippen molar-refractivity contribution in [3.8, 4) is 0 Å². The zero-order valence-corrected chi connectivity index (χ0v) is 21.0. The molecule has 0 aliphatic carbocycles. The molecule has 1 unspecified atom stereocenters. The molecule has 1 aliphatic rings. The van der Waals surface area contributed by atoms with Crippen LogP contribution in [0.15, 0.2) is 47.6 Å². The highest BCUT2D eigenvalue weighted by atomic mass is 127. The van der Waals surface area contributed by atoms with E-state index in [1.165, 1.54) is 11.1 Å². The summed E-state index contributed by atoms with van der Waals surface area (Å²) in [4.78, 5) is 13.6. The zero-order valence-electron chi connectivity index (χ0n) is 17.9. The van der Waals surface area contributed by atoms with Gasteiger partial charge in [0.05, 0.1) is 11.6 Å². The maximum atomic E-state index is 6.31. The number of nitrogens with one attached hydrogen (secondary N) is 2. The monoisotopic (exact) mass is 542 g/mol. The van der Waals surface area contributed by atoms with Crippen LogP contribution in [0.4, 0.5) is 5.82 Å². The molecule has 0 bridgehead atoms. The van der Waals surface area contributed by atoms with Crippen LogP contribution in [0.3, 0.4) is 0 Å². The first-order valence-corrected chi connectivity index (χ1v) is 10.6. The van der Waals surface area contributed by atoms with Crippen molar-refractivity contribution in [1.29, 1.82) is 0 Å². The van der Waals surface area contributed by atoms with Crippen LogP contribution in [-0.2, 0) is 13.1 Å². The molecule has 1 fully saturated rings. The highest BCUT2D eigenvalue weighted by molar-refractivity contribution is 14.0. The molecule has 2 aromatic rings. The van der Waals surface area contributed by atoms with Gasteiger partial charge in [-0.05, 0) is 50.7 Å². The van der Waals surface area contributed by atoms with E-state index in [1.807, 2.05) is 12.1 Å². The van der Waals surface area contributed by atoms with Crippen LogP contribution < -0.4 is 15.5 Å². The summed E-state index contributed by atoms with van der Waals surface area (Å²) >= 11 is 6.31. The summed E-state index contributed by atoms with van der Waals surface area (Å²) in [5, 5.41) is 7.63. The molecule has 1 aromatic heterocycles. The SMILES string of the molecule is CCNC(=NCc1cccc(CN(C)C)c1)NC1CCN(c2ncccc2Cl)C1.I. The average molecular weight is 543 g/mol. The number of anilines is 1. The van der Waals surface area contributed by atoms with E-state index in [0.717, 1.165) is 44.4 Å². The number of aromatic nitrogens is 1. The summed E-state index contributed by atoms with van der Waals surface area (Å²) in [6.45, 7) is 6.29. The van der Waals surface area contributed by atoms with E-state index in [4.69, 9.17) is 16.6 Å². The molecule has 2 N–H and O–H groups in total. The topological polar surface area (TPSA) is 55.8 Å². The Labute approximate surface area is 202 Å². The van der Waals surface area contributed by atoms with Gasteiger partial charge in [0.25, 0.3) is 0 Å². The Kier molecular flexibility index (Phi) is 10.1. The number of nitrogens with zero attached hydrogens (tertiary/aromatic N) is 4. The third-order valence-electron chi connectivity index (χ3n) is 4.82. The summed E-state index contributed by atoms with van der Waals surface area (Å²) in [5.41, 5.74) is 2.52. The molecule has 6 nitrogen and oxygen atoms in total. The molecule has 1 aromatic carbocycles. The van der Waals surface area contributed by atoms with E-state index in [1.54, 1.807) is 6.20 Å². The zero-order chi connectivity index (χ0) is 20.6. The van der Waals surface area contributed by atoms with Crippen molar-refractivity contribution in [2.45, 2.75) is 32.5 Å². The van der Waals surface area contributed by atoms with Crippen molar-refractivity contribution >= 4 is 47.4 Å². The fraction of sp³-hybridized carbons (Fsp3) is 0.455. The number of benzene rings is 1. The van der Waals surface area contributed by atoms with Crippen LogP contribution in [0.1, 0.15) is 24.5 Å². The predicted molar refractivity (Wildman–Crippen MR) is 137 cm³/mol.